The first kappa shape index (κ1) is 19.9. The Balaban J connectivity index is 1.67. The van der Waals surface area contributed by atoms with Gasteiger partial charge in [0.2, 0.25) is 0 Å². The number of hydrogen-bond donors (Lipinski definition) is 0. The maximum Gasteiger partial charge on any atom is 0.260 e. The lowest BCUT2D eigenvalue weighted by atomic mass is 10.1. The third kappa shape index (κ3) is 5.12. The monoisotopic (exact) mass is 465 g/mol. The minimum absolute atomic E-state index is 0.00446. The van der Waals surface area contributed by atoms with Crippen LogP contribution in [0.4, 0.5) is 0 Å². The van der Waals surface area contributed by atoms with Crippen LogP contribution in [0.15, 0.2) is 22.7 Å². The van der Waals surface area contributed by atoms with Gasteiger partial charge in [-0.25, -0.2) is 8.42 Å². The lowest BCUT2D eigenvalue weighted by Gasteiger charge is -2.30. The van der Waals surface area contributed by atoms with Gasteiger partial charge in [-0.3, -0.25) is 4.79 Å². The van der Waals surface area contributed by atoms with Crippen LogP contribution in [0.25, 0.3) is 0 Å². The predicted octanol–water partition coefficient (Wildman–Crippen LogP) is 2.68. The van der Waals surface area contributed by atoms with Crippen LogP contribution in [0.3, 0.4) is 0 Å². The molecule has 0 aliphatic carbocycles. The van der Waals surface area contributed by atoms with Crippen LogP contribution in [0, 0.1) is 0 Å². The van der Waals surface area contributed by atoms with Crippen molar-refractivity contribution in [3.8, 4) is 5.75 Å². The van der Waals surface area contributed by atoms with Crippen molar-refractivity contribution in [2.45, 2.75) is 31.4 Å². The molecule has 0 bridgehead atoms. The SMILES string of the molecule is O=C(COc1ccc(Br)cc1Cl)N(CC1CCCO1)C1CCS(=O)(=O)C1. The first-order valence-corrected chi connectivity index (χ1v) is 11.5. The van der Waals surface area contributed by atoms with Crippen LogP contribution in [0.5, 0.6) is 5.75 Å². The molecule has 2 unspecified atom stereocenters. The average molecular weight is 467 g/mol. The van der Waals surface area contributed by atoms with Gasteiger partial charge in [-0.1, -0.05) is 27.5 Å². The molecule has 0 N–H and O–H groups in total. The fourth-order valence-electron chi connectivity index (χ4n) is 3.30. The van der Waals surface area contributed by atoms with E-state index >= 15 is 0 Å². The van der Waals surface area contributed by atoms with Crippen molar-refractivity contribution in [1.82, 2.24) is 4.90 Å². The van der Waals surface area contributed by atoms with Gasteiger partial charge in [0, 0.05) is 23.7 Å². The van der Waals surface area contributed by atoms with Crippen molar-refractivity contribution in [2.75, 3.05) is 31.3 Å². The van der Waals surface area contributed by atoms with Crippen LogP contribution in [-0.4, -0.2) is 62.6 Å². The van der Waals surface area contributed by atoms with E-state index in [2.05, 4.69) is 15.9 Å². The summed E-state index contributed by atoms with van der Waals surface area (Å²) in [5, 5.41) is 0.404. The van der Waals surface area contributed by atoms with Gasteiger partial charge in [-0.15, -0.1) is 0 Å². The van der Waals surface area contributed by atoms with Crippen molar-refractivity contribution < 1.29 is 22.7 Å². The van der Waals surface area contributed by atoms with E-state index in [0.29, 0.717) is 30.3 Å². The van der Waals surface area contributed by atoms with E-state index < -0.39 is 9.84 Å². The second-order valence-electron chi connectivity index (χ2n) is 6.60. The van der Waals surface area contributed by atoms with Crippen LogP contribution in [0.1, 0.15) is 19.3 Å². The van der Waals surface area contributed by atoms with Gasteiger partial charge in [0.25, 0.3) is 5.91 Å². The molecule has 0 saturated carbocycles. The molecule has 0 radical (unpaired) electrons. The summed E-state index contributed by atoms with van der Waals surface area (Å²) >= 11 is 9.43. The Morgan fingerprint density at radius 3 is 2.81 bits per heavy atom. The van der Waals surface area contributed by atoms with Gasteiger partial charge < -0.3 is 14.4 Å². The fourth-order valence-corrected chi connectivity index (χ4v) is 5.76. The maximum absolute atomic E-state index is 12.8. The average Bonchev–Trinajstić information content (AvgIpc) is 3.20. The lowest BCUT2D eigenvalue weighted by Crippen LogP contribution is -2.47. The van der Waals surface area contributed by atoms with E-state index in [9.17, 15) is 13.2 Å². The van der Waals surface area contributed by atoms with E-state index in [1.807, 2.05) is 0 Å². The zero-order valence-electron chi connectivity index (χ0n) is 14.2. The molecule has 1 aromatic rings. The van der Waals surface area contributed by atoms with Gasteiger partial charge in [0.1, 0.15) is 5.75 Å². The van der Waals surface area contributed by atoms with E-state index in [1.54, 1.807) is 23.1 Å². The quantitative estimate of drug-likeness (QED) is 0.644. The summed E-state index contributed by atoms with van der Waals surface area (Å²) in [4.78, 5) is 14.4. The van der Waals surface area contributed by atoms with E-state index in [4.69, 9.17) is 21.1 Å². The third-order valence-electron chi connectivity index (χ3n) is 4.64. The number of ether oxygens (including phenoxy) is 2. The molecule has 2 saturated heterocycles. The molecule has 1 aromatic carbocycles. The van der Waals surface area contributed by atoms with Crippen LogP contribution < -0.4 is 4.74 Å². The zero-order valence-corrected chi connectivity index (χ0v) is 17.4. The number of carbonyl (C=O) groups is 1. The van der Waals surface area contributed by atoms with Gasteiger partial charge in [-0.05, 0) is 37.5 Å². The highest BCUT2D eigenvalue weighted by Crippen LogP contribution is 2.28. The number of carbonyl (C=O) groups excluding carboxylic acids is 1. The zero-order chi connectivity index (χ0) is 18.7. The number of hydrogen-bond acceptors (Lipinski definition) is 5. The molecule has 144 valence electrons. The molecular formula is C17H21BrClNO5S. The van der Waals surface area contributed by atoms with Crippen LogP contribution in [-0.2, 0) is 19.4 Å². The summed E-state index contributed by atoms with van der Waals surface area (Å²) in [6.07, 6.45) is 2.25. The van der Waals surface area contributed by atoms with E-state index in [1.165, 1.54) is 0 Å². The molecule has 0 spiro atoms. The molecule has 2 atom stereocenters. The molecule has 9 heteroatoms. The lowest BCUT2D eigenvalue weighted by molar-refractivity contribution is -0.137. The van der Waals surface area contributed by atoms with Gasteiger partial charge in [0.15, 0.2) is 16.4 Å². The summed E-state index contributed by atoms with van der Waals surface area (Å²) < 4.78 is 35.7. The molecule has 3 rings (SSSR count). The number of nitrogens with zero attached hydrogens (tertiary/aromatic N) is 1. The maximum atomic E-state index is 12.8. The number of rotatable bonds is 6. The number of amides is 1. The number of halogens is 2. The van der Waals surface area contributed by atoms with Crippen molar-refractivity contribution >= 4 is 43.3 Å². The van der Waals surface area contributed by atoms with Crippen molar-refractivity contribution in [1.29, 1.82) is 0 Å². The number of benzene rings is 1. The predicted molar refractivity (Wildman–Crippen MR) is 102 cm³/mol. The molecular weight excluding hydrogens is 446 g/mol. The summed E-state index contributed by atoms with van der Waals surface area (Å²) in [6.45, 7) is 0.891. The smallest absolute Gasteiger partial charge is 0.260 e. The van der Waals surface area contributed by atoms with Crippen LogP contribution in [0.2, 0.25) is 5.02 Å². The van der Waals surface area contributed by atoms with Gasteiger partial charge in [0.05, 0.1) is 22.6 Å². The van der Waals surface area contributed by atoms with E-state index in [-0.39, 0.29) is 36.2 Å². The van der Waals surface area contributed by atoms with Crippen molar-refractivity contribution in [3.05, 3.63) is 27.7 Å². The third-order valence-corrected chi connectivity index (χ3v) is 7.18. The Kier molecular flexibility index (Phi) is 6.48. The standard InChI is InChI=1S/C17H21BrClNO5S/c18-12-3-4-16(15(19)8-12)25-10-17(21)20(9-14-2-1-6-24-14)13-5-7-26(22,23)11-13/h3-4,8,13-14H,1-2,5-7,9-11H2. The van der Waals surface area contributed by atoms with Crippen molar-refractivity contribution in [2.24, 2.45) is 0 Å². The van der Waals surface area contributed by atoms with Gasteiger partial charge >= 0.3 is 0 Å². The Labute approximate surface area is 166 Å². The van der Waals surface area contributed by atoms with Crippen molar-refractivity contribution in [3.63, 3.8) is 0 Å². The molecule has 2 heterocycles. The highest BCUT2D eigenvalue weighted by molar-refractivity contribution is 9.10. The topological polar surface area (TPSA) is 72.9 Å². The van der Waals surface area contributed by atoms with E-state index in [0.717, 1.165) is 17.3 Å². The second kappa shape index (κ2) is 8.46. The minimum atomic E-state index is -3.09. The largest absolute Gasteiger partial charge is 0.482 e. The Hall–Kier alpha value is -0.830. The number of sulfone groups is 1. The summed E-state index contributed by atoms with van der Waals surface area (Å²) in [7, 11) is -3.09. The Bertz CT molecular complexity index is 766. The Morgan fingerprint density at radius 1 is 1.38 bits per heavy atom. The molecule has 2 fully saturated rings. The fraction of sp³-hybridized carbons (Fsp3) is 0.588. The first-order valence-electron chi connectivity index (χ1n) is 8.53. The molecule has 1 amide bonds. The molecule has 2 aliphatic heterocycles. The van der Waals surface area contributed by atoms with Crippen LogP contribution >= 0.6 is 27.5 Å². The minimum Gasteiger partial charge on any atom is -0.482 e. The van der Waals surface area contributed by atoms with Gasteiger partial charge in [-0.2, -0.15) is 0 Å². The molecule has 0 aromatic heterocycles. The second-order valence-corrected chi connectivity index (χ2v) is 10.2. The molecule has 26 heavy (non-hydrogen) atoms. The summed E-state index contributed by atoms with van der Waals surface area (Å²) in [6, 6.07) is 4.83. The summed E-state index contributed by atoms with van der Waals surface area (Å²) in [5.41, 5.74) is 0. The summed E-state index contributed by atoms with van der Waals surface area (Å²) in [5.74, 6) is 0.289. The Morgan fingerprint density at radius 2 is 2.19 bits per heavy atom. The molecule has 2 aliphatic rings. The molecule has 6 nitrogen and oxygen atoms in total. The highest BCUT2D eigenvalue weighted by atomic mass is 79.9. The first-order chi connectivity index (χ1) is 12.3. The highest BCUT2D eigenvalue weighted by Gasteiger charge is 2.36. The normalized spacial score (nSPS) is 24.5.